The molecule has 2 aromatic rings. The normalized spacial score (nSPS) is 13.1. The Bertz CT molecular complexity index is 1080. The van der Waals surface area contributed by atoms with Gasteiger partial charge in [-0.25, -0.2) is 4.79 Å². The summed E-state index contributed by atoms with van der Waals surface area (Å²) in [5, 5.41) is 5.93. The highest BCUT2D eigenvalue weighted by molar-refractivity contribution is 7.80. The van der Waals surface area contributed by atoms with E-state index in [-0.39, 0.29) is 11.8 Å². The molecule has 0 fully saturated rings. The van der Waals surface area contributed by atoms with Gasteiger partial charge in [0, 0.05) is 11.8 Å². The molecule has 0 saturated heterocycles. The highest BCUT2D eigenvalue weighted by atomic mass is 35.5. The number of carbonyl (C=O) groups is 3. The smallest absolute Gasteiger partial charge is 0.408 e. The summed E-state index contributed by atoms with van der Waals surface area (Å²) in [5.74, 6) is -0.851. The largest absolute Gasteiger partial charge is 0.444 e. The van der Waals surface area contributed by atoms with Crippen LogP contribution < -0.4 is 10.6 Å². The maximum Gasteiger partial charge on any atom is 0.408 e. The van der Waals surface area contributed by atoms with E-state index in [2.05, 4.69) is 23.3 Å². The fraction of sp³-hybridized carbons (Fsp3) is 0.444. The maximum absolute atomic E-state index is 13.8. The molecule has 2 atom stereocenters. The van der Waals surface area contributed by atoms with E-state index in [1.54, 1.807) is 32.9 Å². The van der Waals surface area contributed by atoms with Crippen molar-refractivity contribution in [1.82, 2.24) is 10.2 Å². The SMILES string of the molecule is Cc1ccccc1C(C(=O)Nc1c(C)cccc1Cl)N(C(=O)C(CS)NC(=O)OC(C)(C)C)C(C)C. The van der Waals surface area contributed by atoms with Crippen molar-refractivity contribution in [3.63, 3.8) is 0 Å². The highest BCUT2D eigenvalue weighted by Crippen LogP contribution is 2.31. The van der Waals surface area contributed by atoms with Crippen molar-refractivity contribution in [1.29, 1.82) is 0 Å². The van der Waals surface area contributed by atoms with Gasteiger partial charge in [0.15, 0.2) is 0 Å². The maximum atomic E-state index is 13.8. The Balaban J connectivity index is 2.52. The lowest BCUT2D eigenvalue weighted by molar-refractivity contribution is -0.142. The van der Waals surface area contributed by atoms with Gasteiger partial charge in [-0.3, -0.25) is 9.59 Å². The molecule has 9 heteroatoms. The predicted octanol–water partition coefficient (Wildman–Crippen LogP) is 5.70. The van der Waals surface area contributed by atoms with Gasteiger partial charge >= 0.3 is 6.09 Å². The van der Waals surface area contributed by atoms with Gasteiger partial charge in [0.1, 0.15) is 17.7 Å². The lowest BCUT2D eigenvalue weighted by Gasteiger charge is -2.37. The van der Waals surface area contributed by atoms with Crippen LogP contribution in [0, 0.1) is 13.8 Å². The Morgan fingerprint density at radius 2 is 1.64 bits per heavy atom. The zero-order valence-electron chi connectivity index (χ0n) is 21.9. The van der Waals surface area contributed by atoms with Crippen molar-refractivity contribution in [2.45, 2.75) is 72.2 Å². The number of rotatable bonds is 8. The molecule has 3 amide bonds. The highest BCUT2D eigenvalue weighted by Gasteiger charge is 2.38. The Hall–Kier alpha value is -2.71. The van der Waals surface area contributed by atoms with Crippen LogP contribution in [0.2, 0.25) is 5.02 Å². The van der Waals surface area contributed by atoms with Gasteiger partial charge in [0.05, 0.1) is 10.7 Å². The topological polar surface area (TPSA) is 87.7 Å². The molecule has 0 radical (unpaired) electrons. The van der Waals surface area contributed by atoms with Gasteiger partial charge in [-0.15, -0.1) is 0 Å². The molecule has 0 aliphatic rings. The monoisotopic (exact) mass is 533 g/mol. The summed E-state index contributed by atoms with van der Waals surface area (Å²) in [7, 11) is 0. The van der Waals surface area contributed by atoms with Crippen LogP contribution in [-0.4, -0.2) is 46.2 Å². The molecule has 7 nitrogen and oxygen atoms in total. The number of nitrogens with zero attached hydrogens (tertiary/aromatic N) is 1. The number of para-hydroxylation sites is 1. The fourth-order valence-corrected chi connectivity index (χ4v) is 4.30. The molecule has 2 rings (SSSR count). The van der Waals surface area contributed by atoms with Crippen LogP contribution in [0.5, 0.6) is 0 Å². The Kier molecular flexibility index (Phi) is 10.3. The second kappa shape index (κ2) is 12.5. The van der Waals surface area contributed by atoms with E-state index in [0.29, 0.717) is 16.3 Å². The number of benzene rings is 2. The number of halogens is 1. The second-order valence-corrected chi connectivity index (χ2v) is 10.7. The molecule has 0 bridgehead atoms. The van der Waals surface area contributed by atoms with Crippen LogP contribution in [-0.2, 0) is 14.3 Å². The van der Waals surface area contributed by atoms with Crippen molar-refractivity contribution < 1.29 is 19.1 Å². The summed E-state index contributed by atoms with van der Waals surface area (Å²) in [6, 6.07) is 10.3. The summed E-state index contributed by atoms with van der Waals surface area (Å²) in [6.07, 6.45) is -0.734. The number of anilines is 1. The number of amides is 3. The van der Waals surface area contributed by atoms with Crippen LogP contribution in [0.3, 0.4) is 0 Å². The third-order valence-corrected chi connectivity index (χ3v) is 6.14. The van der Waals surface area contributed by atoms with E-state index in [4.69, 9.17) is 16.3 Å². The molecule has 196 valence electrons. The molecular formula is C27H36ClN3O4S. The summed E-state index contributed by atoms with van der Waals surface area (Å²) < 4.78 is 5.33. The molecule has 0 heterocycles. The van der Waals surface area contributed by atoms with E-state index in [1.807, 2.05) is 58.0 Å². The van der Waals surface area contributed by atoms with Crippen LogP contribution in [0.1, 0.15) is 57.4 Å². The molecule has 2 N–H and O–H groups in total. The molecule has 2 aromatic carbocycles. The van der Waals surface area contributed by atoms with Gasteiger partial charge in [-0.05, 0) is 71.2 Å². The number of carbonyl (C=O) groups excluding carboxylic acids is 3. The van der Waals surface area contributed by atoms with E-state index in [0.717, 1.165) is 11.1 Å². The van der Waals surface area contributed by atoms with Crippen molar-refractivity contribution in [3.05, 3.63) is 64.2 Å². The zero-order chi connectivity index (χ0) is 27.2. The fourth-order valence-electron chi connectivity index (χ4n) is 3.79. The molecule has 0 saturated carbocycles. The van der Waals surface area contributed by atoms with Gasteiger partial charge in [-0.2, -0.15) is 12.6 Å². The van der Waals surface area contributed by atoms with E-state index in [1.165, 1.54) is 4.90 Å². The molecule has 0 aromatic heterocycles. The minimum atomic E-state index is -1.01. The lowest BCUT2D eigenvalue weighted by atomic mass is 9.97. The molecule has 36 heavy (non-hydrogen) atoms. The standard InChI is InChI=1S/C27H36ClN3O4S/c1-16(2)31(25(33)21(15-36)29-26(34)35-27(5,6)7)23(19-13-9-8-11-17(19)3)24(32)30-22-18(4)12-10-14-20(22)28/h8-14,16,21,23,36H,15H2,1-7H3,(H,29,34)(H,30,32). The number of hydrogen-bond donors (Lipinski definition) is 3. The first kappa shape index (κ1) is 29.5. The van der Waals surface area contributed by atoms with Crippen molar-refractivity contribution in [2.75, 3.05) is 11.1 Å². The van der Waals surface area contributed by atoms with Gasteiger partial charge in [0.2, 0.25) is 5.91 Å². The number of nitrogens with one attached hydrogen (secondary N) is 2. The predicted molar refractivity (Wildman–Crippen MR) is 148 cm³/mol. The van der Waals surface area contributed by atoms with Crippen LogP contribution in [0.4, 0.5) is 10.5 Å². The minimum absolute atomic E-state index is 0.0209. The first-order valence-electron chi connectivity index (χ1n) is 11.8. The second-order valence-electron chi connectivity index (χ2n) is 9.90. The van der Waals surface area contributed by atoms with Crippen LogP contribution >= 0.6 is 24.2 Å². The van der Waals surface area contributed by atoms with E-state index < -0.39 is 35.6 Å². The van der Waals surface area contributed by atoms with E-state index in [9.17, 15) is 14.4 Å². The third kappa shape index (κ3) is 7.64. The van der Waals surface area contributed by atoms with Crippen molar-refractivity contribution >= 4 is 47.8 Å². The Labute approximate surface area is 224 Å². The zero-order valence-corrected chi connectivity index (χ0v) is 23.5. The summed E-state index contributed by atoms with van der Waals surface area (Å²) in [4.78, 5) is 41.6. The first-order chi connectivity index (χ1) is 16.8. The molecule has 0 aliphatic heterocycles. The number of alkyl carbamates (subject to hydrolysis) is 1. The number of aryl methyl sites for hydroxylation is 2. The minimum Gasteiger partial charge on any atom is -0.444 e. The molecule has 0 aliphatic carbocycles. The van der Waals surface area contributed by atoms with Crippen molar-refractivity contribution in [3.8, 4) is 0 Å². The van der Waals surface area contributed by atoms with Gasteiger partial charge in [0.25, 0.3) is 5.91 Å². The molecule has 0 spiro atoms. The lowest BCUT2D eigenvalue weighted by Crippen LogP contribution is -2.55. The Morgan fingerprint density at radius 1 is 1.03 bits per heavy atom. The number of ether oxygens (including phenoxy) is 1. The summed E-state index contributed by atoms with van der Waals surface area (Å²) in [5.41, 5.74) is 2.05. The van der Waals surface area contributed by atoms with E-state index >= 15 is 0 Å². The molecule has 2 unspecified atom stereocenters. The van der Waals surface area contributed by atoms with Crippen LogP contribution in [0.15, 0.2) is 42.5 Å². The summed E-state index contributed by atoms with van der Waals surface area (Å²) >= 11 is 10.7. The van der Waals surface area contributed by atoms with Gasteiger partial charge in [-0.1, -0.05) is 48.0 Å². The average molecular weight is 534 g/mol. The Morgan fingerprint density at radius 3 is 2.17 bits per heavy atom. The first-order valence-corrected chi connectivity index (χ1v) is 12.8. The quantitative estimate of drug-likeness (QED) is 0.380. The number of thiol groups is 1. The summed E-state index contributed by atoms with van der Waals surface area (Å²) in [6.45, 7) is 12.6. The average Bonchev–Trinajstić information content (AvgIpc) is 2.77. The number of hydrogen-bond acceptors (Lipinski definition) is 5. The third-order valence-electron chi connectivity index (χ3n) is 5.46. The van der Waals surface area contributed by atoms with Gasteiger partial charge < -0.3 is 20.3 Å². The molecular weight excluding hydrogens is 498 g/mol. The van der Waals surface area contributed by atoms with Crippen molar-refractivity contribution in [2.24, 2.45) is 0 Å². The van der Waals surface area contributed by atoms with Crippen LogP contribution in [0.25, 0.3) is 0 Å².